The fraction of sp³-hybridized carbons (Fsp3) is 0.0732. The highest BCUT2D eigenvalue weighted by molar-refractivity contribution is 6.02. The highest BCUT2D eigenvalue weighted by Crippen LogP contribution is 2.34. The van der Waals surface area contributed by atoms with Crippen molar-refractivity contribution in [2.24, 2.45) is 0 Å². The van der Waals surface area contributed by atoms with Crippen molar-refractivity contribution in [3.63, 3.8) is 0 Å². The molecule has 0 bridgehead atoms. The molecule has 262 valence electrons. The Labute approximate surface area is 307 Å². The molecule has 4 N–H and O–H groups in total. The van der Waals surface area contributed by atoms with E-state index >= 15 is 0 Å². The van der Waals surface area contributed by atoms with Gasteiger partial charge in [0.15, 0.2) is 0 Å². The molecule has 4 aromatic carbocycles. The van der Waals surface area contributed by atoms with Gasteiger partial charge in [0.2, 0.25) is 11.8 Å². The minimum Gasteiger partial charge on any atom is -0.340 e. The number of anilines is 10. The molecule has 7 rings (SSSR count). The summed E-state index contributed by atoms with van der Waals surface area (Å²) in [5, 5.41) is 12.3. The Balaban J connectivity index is 0.968. The number of para-hydroxylation sites is 1. The number of amides is 2. The van der Waals surface area contributed by atoms with Crippen LogP contribution in [0.3, 0.4) is 0 Å². The zero-order valence-corrected chi connectivity index (χ0v) is 28.9. The largest absolute Gasteiger partial charge is 0.340 e. The van der Waals surface area contributed by atoms with Gasteiger partial charge in [0, 0.05) is 65.9 Å². The molecule has 12 heteroatoms. The molecule has 6 aromatic rings. The minimum atomic E-state index is -0.289. The molecule has 2 aromatic heterocycles. The quantitative estimate of drug-likeness (QED) is 0.0929. The summed E-state index contributed by atoms with van der Waals surface area (Å²) >= 11 is 0. The number of nitrogens with one attached hydrogen (secondary N) is 4. The van der Waals surface area contributed by atoms with Crippen molar-refractivity contribution >= 4 is 75.3 Å². The van der Waals surface area contributed by atoms with Crippen LogP contribution in [-0.2, 0) is 16.0 Å². The second-order valence-corrected chi connectivity index (χ2v) is 12.1. The molecule has 0 atom stereocenters. The number of hydrogen-bond acceptors (Lipinski definition) is 10. The SMILES string of the molecule is C=CC(=O)Nc1cccc(Nc2cc(N(C)c3cccc(/C=C\C(=O)Nc4cccc(Nc5cc(N6CCc7ccccc76)ncn5)c4)c3)ncn2)c1. The Hall–Kier alpha value is -7.34. The van der Waals surface area contributed by atoms with Gasteiger partial charge in [0.1, 0.15) is 35.9 Å². The maximum Gasteiger partial charge on any atom is 0.248 e. The maximum atomic E-state index is 13.0. The molecular weight excluding hydrogens is 665 g/mol. The van der Waals surface area contributed by atoms with E-state index in [9.17, 15) is 9.59 Å². The highest BCUT2D eigenvalue weighted by atomic mass is 16.2. The normalized spacial score (nSPS) is 11.8. The first-order chi connectivity index (χ1) is 25.9. The molecule has 53 heavy (non-hydrogen) atoms. The summed E-state index contributed by atoms with van der Waals surface area (Å²) in [6.45, 7) is 4.35. The van der Waals surface area contributed by atoms with Gasteiger partial charge in [-0.25, -0.2) is 19.9 Å². The Bertz CT molecular complexity index is 2320. The van der Waals surface area contributed by atoms with Crippen LogP contribution >= 0.6 is 0 Å². The summed E-state index contributed by atoms with van der Waals surface area (Å²) in [6, 6.07) is 34.7. The number of carbonyl (C=O) groups excluding carboxylic acids is 2. The summed E-state index contributed by atoms with van der Waals surface area (Å²) in [6.07, 6.45) is 8.50. The first-order valence-electron chi connectivity index (χ1n) is 16.9. The lowest BCUT2D eigenvalue weighted by Crippen LogP contribution is -2.15. The number of rotatable bonds is 12. The lowest BCUT2D eigenvalue weighted by molar-refractivity contribution is -0.112. The van der Waals surface area contributed by atoms with Crippen molar-refractivity contribution in [3.8, 4) is 0 Å². The summed E-state index contributed by atoms with van der Waals surface area (Å²) < 4.78 is 0. The van der Waals surface area contributed by atoms with Crippen LogP contribution in [0.5, 0.6) is 0 Å². The van der Waals surface area contributed by atoms with E-state index in [1.807, 2.05) is 90.8 Å². The van der Waals surface area contributed by atoms with Crippen LogP contribution in [0.1, 0.15) is 11.1 Å². The van der Waals surface area contributed by atoms with E-state index in [-0.39, 0.29) is 11.8 Å². The third kappa shape index (κ3) is 8.52. The number of carbonyl (C=O) groups is 2. The number of nitrogens with zero attached hydrogens (tertiary/aromatic N) is 6. The molecule has 1 aliphatic heterocycles. The topological polar surface area (TPSA) is 140 Å². The van der Waals surface area contributed by atoms with Crippen LogP contribution in [0.4, 0.5) is 57.4 Å². The highest BCUT2D eigenvalue weighted by Gasteiger charge is 2.21. The van der Waals surface area contributed by atoms with E-state index < -0.39 is 0 Å². The van der Waals surface area contributed by atoms with Crippen molar-refractivity contribution in [2.75, 3.05) is 44.7 Å². The average molecular weight is 701 g/mol. The molecule has 0 radical (unpaired) electrons. The van der Waals surface area contributed by atoms with Gasteiger partial charge in [-0.1, -0.05) is 49.0 Å². The summed E-state index contributed by atoms with van der Waals surface area (Å²) in [5.41, 5.74) is 6.98. The molecule has 0 unspecified atom stereocenters. The average Bonchev–Trinajstić information content (AvgIpc) is 3.62. The van der Waals surface area contributed by atoms with Crippen molar-refractivity contribution in [2.45, 2.75) is 6.42 Å². The number of aromatic nitrogens is 4. The zero-order chi connectivity index (χ0) is 36.6. The maximum absolute atomic E-state index is 13.0. The third-order valence-electron chi connectivity index (χ3n) is 8.49. The molecule has 2 amide bonds. The lowest BCUT2D eigenvalue weighted by atomic mass is 10.1. The minimum absolute atomic E-state index is 0.266. The number of fused-ring (bicyclic) bond motifs is 1. The second-order valence-electron chi connectivity index (χ2n) is 12.1. The smallest absolute Gasteiger partial charge is 0.248 e. The van der Waals surface area contributed by atoms with Crippen molar-refractivity contribution in [1.29, 1.82) is 0 Å². The van der Waals surface area contributed by atoms with E-state index in [0.717, 1.165) is 41.4 Å². The molecule has 0 spiro atoms. The Morgan fingerprint density at radius 2 is 1.38 bits per heavy atom. The lowest BCUT2D eigenvalue weighted by Gasteiger charge is -2.19. The fourth-order valence-corrected chi connectivity index (χ4v) is 5.90. The van der Waals surface area contributed by atoms with Crippen LogP contribution < -0.4 is 31.1 Å². The van der Waals surface area contributed by atoms with Gasteiger partial charge in [0.05, 0.1) is 0 Å². The first-order valence-corrected chi connectivity index (χ1v) is 16.9. The standard InChI is InChI=1S/C41H36N10O2/c1-3-40(52)48-32-13-7-11-30(22-32)46-36-24-38(44-26-42-36)50(2)34-15-6-9-28(21-34)17-18-41(53)49-33-14-8-12-31(23-33)47-37-25-39(45-27-43-37)51-20-19-29-10-4-5-16-35(29)51/h3-18,21-27H,1,19-20H2,2H3,(H,48,52)(H,49,53)(H,42,44,46)(H,43,45,47)/b18-17-. The Kier molecular flexibility index (Phi) is 10.1. The summed E-state index contributed by atoms with van der Waals surface area (Å²) in [7, 11) is 1.90. The van der Waals surface area contributed by atoms with E-state index in [1.54, 1.807) is 24.5 Å². The van der Waals surface area contributed by atoms with Crippen LogP contribution in [0.25, 0.3) is 6.08 Å². The predicted molar refractivity (Wildman–Crippen MR) is 212 cm³/mol. The van der Waals surface area contributed by atoms with Crippen molar-refractivity contribution in [1.82, 2.24) is 19.9 Å². The predicted octanol–water partition coefficient (Wildman–Crippen LogP) is 7.99. The summed E-state index contributed by atoms with van der Waals surface area (Å²) in [4.78, 5) is 46.5. The van der Waals surface area contributed by atoms with E-state index in [0.29, 0.717) is 28.8 Å². The number of hydrogen-bond donors (Lipinski definition) is 4. The van der Waals surface area contributed by atoms with Crippen molar-refractivity contribution < 1.29 is 9.59 Å². The van der Waals surface area contributed by atoms with Crippen molar-refractivity contribution in [3.05, 3.63) is 152 Å². The molecule has 0 saturated carbocycles. The molecule has 1 aliphatic rings. The van der Waals surface area contributed by atoms with Crippen LogP contribution in [0.15, 0.2) is 141 Å². The van der Waals surface area contributed by atoms with Crippen LogP contribution in [0, 0.1) is 0 Å². The second kappa shape index (κ2) is 15.7. The van der Waals surface area contributed by atoms with E-state index in [2.05, 4.69) is 70.9 Å². The summed E-state index contributed by atoms with van der Waals surface area (Å²) in [5.74, 6) is 2.16. The molecule has 12 nitrogen and oxygen atoms in total. The monoisotopic (exact) mass is 700 g/mol. The molecule has 0 fully saturated rings. The number of benzene rings is 4. The van der Waals surface area contributed by atoms with Gasteiger partial charge in [-0.3, -0.25) is 9.59 Å². The van der Waals surface area contributed by atoms with Gasteiger partial charge in [0.25, 0.3) is 0 Å². The zero-order valence-electron chi connectivity index (χ0n) is 28.9. The first kappa shape index (κ1) is 34.1. The van der Waals surface area contributed by atoms with E-state index in [1.165, 1.54) is 29.7 Å². The van der Waals surface area contributed by atoms with Gasteiger partial charge in [-0.2, -0.15) is 0 Å². The van der Waals surface area contributed by atoms with E-state index in [4.69, 9.17) is 0 Å². The van der Waals surface area contributed by atoms with Crippen LogP contribution in [0.2, 0.25) is 0 Å². The fourth-order valence-electron chi connectivity index (χ4n) is 5.90. The molecular formula is C41H36N10O2. The van der Waals surface area contributed by atoms with Gasteiger partial charge < -0.3 is 31.1 Å². The Morgan fingerprint density at radius 1 is 0.717 bits per heavy atom. The molecule has 3 heterocycles. The molecule has 0 aliphatic carbocycles. The Morgan fingerprint density at radius 3 is 2.13 bits per heavy atom. The van der Waals surface area contributed by atoms with Gasteiger partial charge in [-0.15, -0.1) is 0 Å². The third-order valence-corrected chi connectivity index (χ3v) is 8.49. The van der Waals surface area contributed by atoms with Gasteiger partial charge >= 0.3 is 0 Å². The van der Waals surface area contributed by atoms with Gasteiger partial charge in [-0.05, 0) is 84.3 Å². The molecule has 0 saturated heterocycles. The van der Waals surface area contributed by atoms with Crippen LogP contribution in [-0.4, -0.2) is 45.3 Å².